The Labute approximate surface area is 87.5 Å². The molecule has 15 heavy (non-hydrogen) atoms. The summed E-state index contributed by atoms with van der Waals surface area (Å²) in [7, 11) is 1.38. The summed E-state index contributed by atoms with van der Waals surface area (Å²) in [6.45, 7) is 2.22. The van der Waals surface area contributed by atoms with Crippen molar-refractivity contribution < 1.29 is 9.53 Å². The number of methoxy groups -OCH3 is 1. The largest absolute Gasteiger partial charge is 0.468 e. The molecule has 0 N–H and O–H groups in total. The van der Waals surface area contributed by atoms with Gasteiger partial charge in [-0.15, -0.1) is 0 Å². The Morgan fingerprint density at radius 1 is 1.53 bits per heavy atom. The summed E-state index contributed by atoms with van der Waals surface area (Å²) in [5, 5.41) is 0. The molecule has 4 heteroatoms. The molecule has 0 fully saturated rings. The Kier molecular flexibility index (Phi) is 2.41. The molecule has 0 aliphatic carbocycles. The van der Waals surface area contributed by atoms with Crippen molar-refractivity contribution >= 4 is 17.0 Å². The number of aromatic nitrogens is 2. The molecule has 1 heterocycles. The highest BCUT2D eigenvalue weighted by atomic mass is 16.5. The van der Waals surface area contributed by atoms with E-state index < -0.39 is 0 Å². The van der Waals surface area contributed by atoms with Crippen molar-refractivity contribution in [3.63, 3.8) is 0 Å². The van der Waals surface area contributed by atoms with Crippen LogP contribution in [0.25, 0.3) is 11.0 Å². The number of carbonyl (C=O) groups excluding carboxylic acids is 1. The van der Waals surface area contributed by atoms with Crippen LogP contribution in [-0.2, 0) is 16.1 Å². The summed E-state index contributed by atoms with van der Waals surface area (Å²) >= 11 is 0. The van der Waals surface area contributed by atoms with Gasteiger partial charge in [0, 0.05) is 0 Å². The number of nitrogens with zero attached hydrogens (tertiary/aromatic N) is 2. The Hall–Kier alpha value is -1.84. The lowest BCUT2D eigenvalue weighted by molar-refractivity contribution is -0.141. The van der Waals surface area contributed by atoms with Crippen LogP contribution in [0.2, 0.25) is 0 Å². The Morgan fingerprint density at radius 3 is 3.07 bits per heavy atom. The molecular weight excluding hydrogens is 192 g/mol. The number of hydrogen-bond acceptors (Lipinski definition) is 3. The lowest BCUT2D eigenvalue weighted by Gasteiger charge is -2.02. The molecule has 0 aliphatic heterocycles. The summed E-state index contributed by atoms with van der Waals surface area (Å²) in [5.41, 5.74) is 3.01. The fourth-order valence-electron chi connectivity index (χ4n) is 1.50. The number of aryl methyl sites for hydroxylation is 1. The van der Waals surface area contributed by atoms with E-state index in [4.69, 9.17) is 0 Å². The minimum absolute atomic E-state index is 0.204. The second-order valence-electron chi connectivity index (χ2n) is 3.44. The maximum absolute atomic E-state index is 11.1. The van der Waals surface area contributed by atoms with Gasteiger partial charge in [0.1, 0.15) is 6.54 Å². The van der Waals surface area contributed by atoms with Crippen molar-refractivity contribution in [1.29, 1.82) is 0 Å². The summed E-state index contributed by atoms with van der Waals surface area (Å²) in [6, 6.07) is 5.95. The molecule has 0 spiro atoms. The van der Waals surface area contributed by atoms with Crippen molar-refractivity contribution in [3.05, 3.63) is 30.1 Å². The van der Waals surface area contributed by atoms with Crippen LogP contribution in [0.4, 0.5) is 0 Å². The van der Waals surface area contributed by atoms with Crippen LogP contribution < -0.4 is 0 Å². The van der Waals surface area contributed by atoms with Crippen molar-refractivity contribution in [2.24, 2.45) is 0 Å². The smallest absolute Gasteiger partial charge is 0.325 e. The van der Waals surface area contributed by atoms with Crippen LogP contribution in [0, 0.1) is 6.92 Å². The second kappa shape index (κ2) is 3.73. The van der Waals surface area contributed by atoms with Crippen LogP contribution in [0.1, 0.15) is 5.56 Å². The lowest BCUT2D eigenvalue weighted by Crippen LogP contribution is -2.10. The van der Waals surface area contributed by atoms with Gasteiger partial charge in [-0.3, -0.25) is 4.79 Å². The highest BCUT2D eigenvalue weighted by Gasteiger charge is 2.06. The van der Waals surface area contributed by atoms with E-state index in [1.165, 1.54) is 7.11 Å². The summed E-state index contributed by atoms with van der Waals surface area (Å²) in [5.74, 6) is -0.269. The van der Waals surface area contributed by atoms with Crippen molar-refractivity contribution in [3.8, 4) is 0 Å². The van der Waals surface area contributed by atoms with Gasteiger partial charge in [0.2, 0.25) is 0 Å². The third kappa shape index (κ3) is 1.83. The first-order valence-corrected chi connectivity index (χ1v) is 4.69. The van der Waals surface area contributed by atoms with Gasteiger partial charge in [-0.1, -0.05) is 6.07 Å². The topological polar surface area (TPSA) is 44.1 Å². The number of imidazole rings is 1. The Balaban J connectivity index is 2.41. The van der Waals surface area contributed by atoms with Gasteiger partial charge >= 0.3 is 5.97 Å². The molecule has 0 radical (unpaired) electrons. The maximum Gasteiger partial charge on any atom is 0.325 e. The highest BCUT2D eigenvalue weighted by molar-refractivity contribution is 5.78. The van der Waals surface area contributed by atoms with E-state index in [0.29, 0.717) is 0 Å². The third-order valence-corrected chi connectivity index (χ3v) is 2.30. The molecule has 1 aromatic carbocycles. The van der Waals surface area contributed by atoms with Gasteiger partial charge in [-0.2, -0.15) is 0 Å². The van der Waals surface area contributed by atoms with Crippen molar-refractivity contribution in [1.82, 2.24) is 9.55 Å². The summed E-state index contributed by atoms with van der Waals surface area (Å²) in [4.78, 5) is 15.3. The minimum atomic E-state index is -0.269. The number of rotatable bonds is 2. The first-order valence-electron chi connectivity index (χ1n) is 4.69. The molecule has 4 nitrogen and oxygen atoms in total. The SMILES string of the molecule is COC(=O)Cn1cnc2cc(C)ccc21. The molecule has 2 rings (SSSR count). The van der Waals surface area contributed by atoms with E-state index in [9.17, 15) is 4.79 Å². The fourth-order valence-corrected chi connectivity index (χ4v) is 1.50. The normalized spacial score (nSPS) is 10.5. The summed E-state index contributed by atoms with van der Waals surface area (Å²) < 4.78 is 6.39. The quantitative estimate of drug-likeness (QED) is 0.696. The van der Waals surface area contributed by atoms with E-state index in [0.717, 1.165) is 16.6 Å². The Bertz CT molecular complexity index is 502. The van der Waals surface area contributed by atoms with E-state index in [1.807, 2.05) is 25.1 Å². The predicted molar refractivity (Wildman–Crippen MR) is 56.5 cm³/mol. The van der Waals surface area contributed by atoms with E-state index >= 15 is 0 Å². The number of hydrogen-bond donors (Lipinski definition) is 0. The van der Waals surface area contributed by atoms with Crippen LogP contribution in [-0.4, -0.2) is 22.6 Å². The first kappa shape index (κ1) is 9.71. The molecule has 0 unspecified atom stereocenters. The number of esters is 1. The molecule has 0 atom stereocenters. The van der Waals surface area contributed by atoms with Gasteiger partial charge in [-0.05, 0) is 24.6 Å². The average Bonchev–Trinajstić information content (AvgIpc) is 2.60. The van der Waals surface area contributed by atoms with Crippen molar-refractivity contribution in [2.45, 2.75) is 13.5 Å². The Morgan fingerprint density at radius 2 is 2.33 bits per heavy atom. The average molecular weight is 204 g/mol. The van der Waals surface area contributed by atoms with Crippen LogP contribution in [0.3, 0.4) is 0 Å². The zero-order valence-corrected chi connectivity index (χ0v) is 8.73. The summed E-state index contributed by atoms with van der Waals surface area (Å²) in [6.07, 6.45) is 1.65. The minimum Gasteiger partial charge on any atom is -0.468 e. The van der Waals surface area contributed by atoms with Crippen molar-refractivity contribution in [2.75, 3.05) is 7.11 Å². The van der Waals surface area contributed by atoms with Crippen LogP contribution >= 0.6 is 0 Å². The highest BCUT2D eigenvalue weighted by Crippen LogP contribution is 2.14. The number of benzene rings is 1. The molecule has 0 saturated carbocycles. The lowest BCUT2D eigenvalue weighted by atomic mass is 10.2. The zero-order valence-electron chi connectivity index (χ0n) is 8.73. The maximum atomic E-state index is 11.1. The first-order chi connectivity index (χ1) is 7.20. The van der Waals surface area contributed by atoms with Gasteiger partial charge < -0.3 is 9.30 Å². The van der Waals surface area contributed by atoms with Crippen LogP contribution in [0.5, 0.6) is 0 Å². The molecule has 78 valence electrons. The van der Waals surface area contributed by atoms with Crippen LogP contribution in [0.15, 0.2) is 24.5 Å². The van der Waals surface area contributed by atoms with Gasteiger partial charge in [-0.25, -0.2) is 4.98 Å². The molecular formula is C11H12N2O2. The molecule has 1 aromatic heterocycles. The zero-order chi connectivity index (χ0) is 10.8. The standard InChI is InChI=1S/C11H12N2O2/c1-8-3-4-10-9(5-8)12-7-13(10)6-11(14)15-2/h3-5,7H,6H2,1-2H3. The predicted octanol–water partition coefficient (Wildman–Crippen LogP) is 1.52. The third-order valence-electron chi connectivity index (χ3n) is 2.30. The molecule has 2 aromatic rings. The van der Waals surface area contributed by atoms with Gasteiger partial charge in [0.15, 0.2) is 0 Å². The number of carbonyl (C=O) groups is 1. The molecule has 0 saturated heterocycles. The van der Waals surface area contributed by atoms with E-state index in [-0.39, 0.29) is 12.5 Å². The monoisotopic (exact) mass is 204 g/mol. The van der Waals surface area contributed by atoms with Gasteiger partial charge in [0.05, 0.1) is 24.5 Å². The van der Waals surface area contributed by atoms with E-state index in [2.05, 4.69) is 9.72 Å². The molecule has 0 bridgehead atoms. The second-order valence-corrected chi connectivity index (χ2v) is 3.44. The van der Waals surface area contributed by atoms with Gasteiger partial charge in [0.25, 0.3) is 0 Å². The molecule has 0 amide bonds. The van der Waals surface area contributed by atoms with E-state index in [1.54, 1.807) is 10.9 Å². The molecule has 0 aliphatic rings. The fraction of sp³-hybridized carbons (Fsp3) is 0.273. The number of fused-ring (bicyclic) bond motifs is 1. The number of ether oxygens (including phenoxy) is 1.